The molecule has 1 aromatic carbocycles. The van der Waals surface area contributed by atoms with E-state index in [9.17, 15) is 4.79 Å². The second-order valence-electron chi connectivity index (χ2n) is 6.72. The first-order valence-electron chi connectivity index (χ1n) is 9.15. The van der Waals surface area contributed by atoms with Crippen LogP contribution in [0.25, 0.3) is 0 Å². The summed E-state index contributed by atoms with van der Waals surface area (Å²) in [5.41, 5.74) is 3.28. The minimum Gasteiger partial charge on any atom is -0.484 e. The highest BCUT2D eigenvalue weighted by Crippen LogP contribution is 2.33. The number of amides is 1. The van der Waals surface area contributed by atoms with Gasteiger partial charge in [0.25, 0.3) is 5.91 Å². The van der Waals surface area contributed by atoms with Gasteiger partial charge in [0, 0.05) is 23.2 Å². The monoisotopic (exact) mass is 364 g/mol. The minimum absolute atomic E-state index is 0.00314. The van der Waals surface area contributed by atoms with Crippen molar-refractivity contribution in [3.8, 4) is 11.8 Å². The number of rotatable bonds is 7. The summed E-state index contributed by atoms with van der Waals surface area (Å²) in [7, 11) is 0. The number of benzene rings is 1. The molecule has 0 unspecified atom stereocenters. The molecule has 1 amide bonds. The van der Waals surface area contributed by atoms with Gasteiger partial charge in [-0.15, -0.1) is 0 Å². The summed E-state index contributed by atoms with van der Waals surface area (Å²) < 4.78 is 7.40. The largest absolute Gasteiger partial charge is 0.484 e. The third-order valence-electron chi connectivity index (χ3n) is 4.79. The molecule has 0 saturated carbocycles. The van der Waals surface area contributed by atoms with Crippen LogP contribution in [0.3, 0.4) is 0 Å². The highest BCUT2D eigenvalue weighted by molar-refractivity contribution is 5.78. The van der Waals surface area contributed by atoms with Crippen molar-refractivity contribution in [1.82, 2.24) is 15.1 Å². The second kappa shape index (κ2) is 8.54. The molecule has 6 heteroatoms. The van der Waals surface area contributed by atoms with Crippen LogP contribution in [0.2, 0.25) is 0 Å². The third-order valence-corrected chi connectivity index (χ3v) is 4.79. The standard InChI is InChI=1S/C21H24N4O2/c1-15-21(16(2)25(24-15)12-6-11-22)17-9-10-18(13-17)23-20(26)14-27-19-7-4-3-5-8-19/h3-5,7-10,17-18H,6,12-14H2,1-2H3,(H,23,26)/t17-,18-/m1/s1. The zero-order chi connectivity index (χ0) is 19.2. The van der Waals surface area contributed by atoms with Crippen molar-refractivity contribution in [2.45, 2.75) is 45.2 Å². The summed E-state index contributed by atoms with van der Waals surface area (Å²) in [6.07, 6.45) is 5.43. The van der Waals surface area contributed by atoms with Crippen LogP contribution in [0.5, 0.6) is 5.75 Å². The van der Waals surface area contributed by atoms with E-state index in [1.807, 2.05) is 54.9 Å². The summed E-state index contributed by atoms with van der Waals surface area (Å²) in [5.74, 6) is 0.775. The van der Waals surface area contributed by atoms with Crippen LogP contribution < -0.4 is 10.1 Å². The Kier molecular flexibility index (Phi) is 5.92. The Morgan fingerprint density at radius 2 is 2.11 bits per heavy atom. The molecule has 140 valence electrons. The molecule has 1 aliphatic rings. The summed E-state index contributed by atoms with van der Waals surface area (Å²) >= 11 is 0. The lowest BCUT2D eigenvalue weighted by Crippen LogP contribution is -2.36. The molecule has 27 heavy (non-hydrogen) atoms. The molecule has 0 saturated heterocycles. The van der Waals surface area contributed by atoms with E-state index in [2.05, 4.69) is 22.6 Å². The van der Waals surface area contributed by atoms with Crippen LogP contribution in [-0.4, -0.2) is 28.3 Å². The Morgan fingerprint density at radius 1 is 1.33 bits per heavy atom. The van der Waals surface area contributed by atoms with Gasteiger partial charge in [0.1, 0.15) is 5.75 Å². The Bertz CT molecular complexity index is 864. The third kappa shape index (κ3) is 4.56. The predicted octanol–water partition coefficient (Wildman–Crippen LogP) is 3.02. The number of carbonyl (C=O) groups excluding carboxylic acids is 1. The quantitative estimate of drug-likeness (QED) is 0.766. The normalized spacial score (nSPS) is 18.3. The summed E-state index contributed by atoms with van der Waals surface area (Å²) in [5, 5.41) is 16.4. The maximum Gasteiger partial charge on any atom is 0.258 e. The summed E-state index contributed by atoms with van der Waals surface area (Å²) in [6.45, 7) is 4.65. The molecule has 0 aliphatic heterocycles. The number of hydrogen-bond donors (Lipinski definition) is 1. The van der Waals surface area contributed by atoms with E-state index in [0.717, 1.165) is 17.8 Å². The zero-order valence-electron chi connectivity index (χ0n) is 15.7. The fourth-order valence-corrected chi connectivity index (χ4v) is 3.56. The van der Waals surface area contributed by atoms with E-state index in [0.29, 0.717) is 18.7 Å². The van der Waals surface area contributed by atoms with E-state index < -0.39 is 0 Å². The van der Waals surface area contributed by atoms with E-state index in [-0.39, 0.29) is 24.5 Å². The number of aryl methyl sites for hydroxylation is 2. The minimum atomic E-state index is -0.132. The lowest BCUT2D eigenvalue weighted by atomic mass is 9.96. The number of nitrogens with zero attached hydrogens (tertiary/aromatic N) is 3. The Morgan fingerprint density at radius 3 is 2.85 bits per heavy atom. The van der Waals surface area contributed by atoms with Crippen molar-refractivity contribution in [2.24, 2.45) is 0 Å². The van der Waals surface area contributed by atoms with Gasteiger partial charge in [0.05, 0.1) is 24.7 Å². The lowest BCUT2D eigenvalue weighted by Gasteiger charge is -2.15. The number of para-hydroxylation sites is 1. The molecule has 1 aliphatic carbocycles. The molecule has 1 aromatic heterocycles. The van der Waals surface area contributed by atoms with Gasteiger partial charge >= 0.3 is 0 Å². The lowest BCUT2D eigenvalue weighted by molar-refractivity contribution is -0.123. The number of carbonyl (C=O) groups is 1. The van der Waals surface area contributed by atoms with E-state index in [4.69, 9.17) is 10.00 Å². The van der Waals surface area contributed by atoms with Crippen molar-refractivity contribution in [3.05, 3.63) is 59.4 Å². The van der Waals surface area contributed by atoms with Gasteiger partial charge in [-0.2, -0.15) is 10.4 Å². The van der Waals surface area contributed by atoms with Gasteiger partial charge in [0.15, 0.2) is 6.61 Å². The first-order valence-corrected chi connectivity index (χ1v) is 9.15. The number of aromatic nitrogens is 2. The predicted molar refractivity (Wildman–Crippen MR) is 102 cm³/mol. The van der Waals surface area contributed by atoms with Crippen molar-refractivity contribution in [3.63, 3.8) is 0 Å². The summed E-state index contributed by atoms with van der Waals surface area (Å²) in [4.78, 5) is 12.2. The molecule has 0 fully saturated rings. The van der Waals surface area contributed by atoms with Crippen LogP contribution in [0, 0.1) is 25.2 Å². The van der Waals surface area contributed by atoms with Crippen LogP contribution >= 0.6 is 0 Å². The number of allylic oxidation sites excluding steroid dienone is 1. The van der Waals surface area contributed by atoms with Gasteiger partial charge in [-0.3, -0.25) is 9.48 Å². The van der Waals surface area contributed by atoms with Gasteiger partial charge < -0.3 is 10.1 Å². The van der Waals surface area contributed by atoms with Crippen molar-refractivity contribution >= 4 is 5.91 Å². The maximum atomic E-state index is 12.2. The summed E-state index contributed by atoms with van der Waals surface area (Å²) in [6, 6.07) is 11.5. The van der Waals surface area contributed by atoms with E-state index >= 15 is 0 Å². The maximum absolute atomic E-state index is 12.2. The molecule has 0 spiro atoms. The highest BCUT2D eigenvalue weighted by Gasteiger charge is 2.26. The molecule has 1 heterocycles. The smallest absolute Gasteiger partial charge is 0.258 e. The van der Waals surface area contributed by atoms with Gasteiger partial charge in [-0.1, -0.05) is 30.4 Å². The van der Waals surface area contributed by atoms with E-state index in [1.165, 1.54) is 5.56 Å². The fourth-order valence-electron chi connectivity index (χ4n) is 3.56. The Balaban J connectivity index is 1.55. The topological polar surface area (TPSA) is 79.9 Å². The molecular weight excluding hydrogens is 340 g/mol. The Labute approximate surface area is 159 Å². The van der Waals surface area contributed by atoms with Gasteiger partial charge in [0.2, 0.25) is 0 Å². The zero-order valence-corrected chi connectivity index (χ0v) is 15.7. The van der Waals surface area contributed by atoms with Crippen molar-refractivity contribution < 1.29 is 9.53 Å². The molecule has 1 N–H and O–H groups in total. The van der Waals surface area contributed by atoms with Crippen LogP contribution in [0.1, 0.15) is 35.7 Å². The molecule has 0 radical (unpaired) electrons. The molecular formula is C21H24N4O2. The van der Waals surface area contributed by atoms with Crippen LogP contribution in [0.4, 0.5) is 0 Å². The van der Waals surface area contributed by atoms with Gasteiger partial charge in [-0.05, 0) is 32.4 Å². The van der Waals surface area contributed by atoms with E-state index in [1.54, 1.807) is 0 Å². The average molecular weight is 364 g/mol. The first kappa shape index (κ1) is 18.7. The van der Waals surface area contributed by atoms with Crippen molar-refractivity contribution in [2.75, 3.05) is 6.61 Å². The molecule has 0 bridgehead atoms. The van der Waals surface area contributed by atoms with Crippen LogP contribution in [-0.2, 0) is 11.3 Å². The van der Waals surface area contributed by atoms with Crippen LogP contribution in [0.15, 0.2) is 42.5 Å². The molecule has 3 rings (SSSR count). The number of hydrogen-bond acceptors (Lipinski definition) is 4. The molecule has 6 nitrogen and oxygen atoms in total. The molecule has 2 aromatic rings. The SMILES string of the molecule is Cc1nn(CCC#N)c(C)c1[C@@H]1C=C[C@@H](NC(=O)COc2ccccc2)C1. The van der Waals surface area contributed by atoms with Gasteiger partial charge in [-0.25, -0.2) is 0 Å². The fraction of sp³-hybridized carbons (Fsp3) is 0.381. The number of nitriles is 1. The number of nitrogens with one attached hydrogen (secondary N) is 1. The second-order valence-corrected chi connectivity index (χ2v) is 6.72. The first-order chi connectivity index (χ1) is 13.1. The van der Waals surface area contributed by atoms with Crippen molar-refractivity contribution in [1.29, 1.82) is 5.26 Å². The highest BCUT2D eigenvalue weighted by atomic mass is 16.5. The Hall–Kier alpha value is -3.07. The average Bonchev–Trinajstić information content (AvgIpc) is 3.22. The number of ether oxygens (including phenoxy) is 1. The molecule has 2 atom stereocenters.